The van der Waals surface area contributed by atoms with E-state index in [0.29, 0.717) is 33.8 Å². The standard InChI is InChI=1S/C26H27N5O3S/c1-16-9-8-14-21(17(16)2)31-24(33)19-12-6-7-13-20(19)27-26(31)35-15-22(32)28-25-30-29-23(34-25)18-10-4-3-5-11-18/h3-7,10-13,16-17,21H,8-9,14-15H2,1-2H3,(H,28,30,32)/t16-,17+,21-/m0/s1. The summed E-state index contributed by atoms with van der Waals surface area (Å²) in [4.78, 5) is 31.0. The van der Waals surface area contributed by atoms with Gasteiger partial charge in [0.25, 0.3) is 5.56 Å². The maximum atomic E-state index is 13.5. The quantitative estimate of drug-likeness (QED) is 0.294. The number of aromatic nitrogens is 4. The minimum absolute atomic E-state index is 0.0352. The van der Waals surface area contributed by atoms with Gasteiger partial charge in [-0.05, 0) is 42.5 Å². The van der Waals surface area contributed by atoms with Crippen LogP contribution < -0.4 is 10.9 Å². The fourth-order valence-electron chi connectivity index (χ4n) is 4.69. The zero-order valence-electron chi connectivity index (χ0n) is 19.7. The molecule has 1 amide bonds. The molecule has 3 atom stereocenters. The van der Waals surface area contributed by atoms with Gasteiger partial charge in [0.1, 0.15) is 0 Å². The number of benzene rings is 2. The van der Waals surface area contributed by atoms with E-state index in [0.717, 1.165) is 24.8 Å². The van der Waals surface area contributed by atoms with Gasteiger partial charge in [-0.15, -0.1) is 5.10 Å². The number of carbonyl (C=O) groups is 1. The van der Waals surface area contributed by atoms with E-state index in [4.69, 9.17) is 9.40 Å². The fraction of sp³-hybridized carbons (Fsp3) is 0.346. The van der Waals surface area contributed by atoms with Gasteiger partial charge in [-0.25, -0.2) is 4.98 Å². The molecule has 1 N–H and O–H groups in total. The number of hydrogen-bond acceptors (Lipinski definition) is 7. The average molecular weight is 490 g/mol. The summed E-state index contributed by atoms with van der Waals surface area (Å²) in [5.74, 6) is 0.943. The fourth-order valence-corrected chi connectivity index (χ4v) is 5.55. The van der Waals surface area contributed by atoms with E-state index in [-0.39, 0.29) is 29.3 Å². The number of nitrogens with one attached hydrogen (secondary N) is 1. The van der Waals surface area contributed by atoms with E-state index in [9.17, 15) is 9.59 Å². The summed E-state index contributed by atoms with van der Waals surface area (Å²) in [7, 11) is 0. The van der Waals surface area contributed by atoms with Crippen LogP contribution in [0, 0.1) is 11.8 Å². The van der Waals surface area contributed by atoms with Crippen molar-refractivity contribution in [2.45, 2.75) is 44.3 Å². The van der Waals surface area contributed by atoms with E-state index in [1.54, 1.807) is 0 Å². The van der Waals surface area contributed by atoms with Crippen molar-refractivity contribution in [3.8, 4) is 11.5 Å². The minimum Gasteiger partial charge on any atom is -0.403 e. The minimum atomic E-state index is -0.308. The van der Waals surface area contributed by atoms with Crippen molar-refractivity contribution in [3.63, 3.8) is 0 Å². The molecular formula is C26H27N5O3S. The van der Waals surface area contributed by atoms with Crippen LogP contribution in [0.15, 0.2) is 69.0 Å². The van der Waals surface area contributed by atoms with Crippen LogP contribution in [0.3, 0.4) is 0 Å². The third kappa shape index (κ3) is 4.86. The highest BCUT2D eigenvalue weighted by Gasteiger charge is 2.31. The molecule has 4 aromatic rings. The maximum Gasteiger partial charge on any atom is 0.322 e. The van der Waals surface area contributed by atoms with Crippen LogP contribution in [0.2, 0.25) is 0 Å². The lowest BCUT2D eigenvalue weighted by Crippen LogP contribution is -2.35. The summed E-state index contributed by atoms with van der Waals surface area (Å²) in [5, 5.41) is 11.7. The van der Waals surface area contributed by atoms with Gasteiger partial charge in [0.15, 0.2) is 5.16 Å². The van der Waals surface area contributed by atoms with Crippen molar-refractivity contribution in [1.82, 2.24) is 19.7 Å². The van der Waals surface area contributed by atoms with Crippen molar-refractivity contribution in [3.05, 3.63) is 65.0 Å². The van der Waals surface area contributed by atoms with Gasteiger partial charge in [-0.1, -0.05) is 73.9 Å². The molecule has 2 aromatic heterocycles. The Hall–Kier alpha value is -3.46. The van der Waals surface area contributed by atoms with E-state index in [1.807, 2.05) is 59.2 Å². The molecule has 1 aliphatic rings. The number of carbonyl (C=O) groups excluding carboxylic acids is 1. The topological polar surface area (TPSA) is 103 Å². The van der Waals surface area contributed by atoms with Crippen LogP contribution >= 0.6 is 11.8 Å². The first-order chi connectivity index (χ1) is 17.0. The number of rotatable bonds is 6. The second-order valence-electron chi connectivity index (χ2n) is 9.04. The molecule has 0 unspecified atom stereocenters. The van der Waals surface area contributed by atoms with Gasteiger partial charge >= 0.3 is 6.01 Å². The molecule has 2 heterocycles. The summed E-state index contributed by atoms with van der Waals surface area (Å²) in [6.07, 6.45) is 3.16. The van der Waals surface area contributed by atoms with Crippen LogP contribution in [0.25, 0.3) is 22.4 Å². The molecule has 180 valence electrons. The third-order valence-electron chi connectivity index (χ3n) is 6.80. The molecular weight excluding hydrogens is 462 g/mol. The van der Waals surface area contributed by atoms with E-state index < -0.39 is 0 Å². The van der Waals surface area contributed by atoms with Gasteiger partial charge in [0.05, 0.1) is 16.7 Å². The summed E-state index contributed by atoms with van der Waals surface area (Å²) >= 11 is 1.25. The predicted molar refractivity (Wildman–Crippen MR) is 136 cm³/mol. The van der Waals surface area contributed by atoms with Gasteiger partial charge < -0.3 is 4.42 Å². The second-order valence-corrected chi connectivity index (χ2v) is 9.98. The van der Waals surface area contributed by atoms with Crippen LogP contribution in [0.1, 0.15) is 39.2 Å². The first kappa shape index (κ1) is 23.3. The Morgan fingerprint density at radius 2 is 1.86 bits per heavy atom. The summed E-state index contributed by atoms with van der Waals surface area (Å²) < 4.78 is 7.40. The molecule has 8 nitrogen and oxygen atoms in total. The molecule has 1 aliphatic carbocycles. The molecule has 2 aromatic carbocycles. The third-order valence-corrected chi connectivity index (χ3v) is 7.75. The number of nitrogens with zero attached hydrogens (tertiary/aromatic N) is 4. The molecule has 9 heteroatoms. The highest BCUT2D eigenvalue weighted by Crippen LogP contribution is 2.38. The summed E-state index contributed by atoms with van der Waals surface area (Å²) in [6, 6.07) is 16.8. The number of amides is 1. The highest BCUT2D eigenvalue weighted by molar-refractivity contribution is 7.99. The lowest BCUT2D eigenvalue weighted by molar-refractivity contribution is -0.113. The van der Waals surface area contributed by atoms with Crippen molar-refractivity contribution in [2.75, 3.05) is 11.1 Å². The number of thioether (sulfide) groups is 1. The molecule has 0 aliphatic heterocycles. The number of fused-ring (bicyclic) bond motifs is 1. The number of para-hydroxylation sites is 1. The molecule has 35 heavy (non-hydrogen) atoms. The monoisotopic (exact) mass is 489 g/mol. The zero-order valence-corrected chi connectivity index (χ0v) is 20.5. The summed E-state index contributed by atoms with van der Waals surface area (Å²) in [6.45, 7) is 4.45. The van der Waals surface area contributed by atoms with E-state index in [1.165, 1.54) is 11.8 Å². The number of anilines is 1. The van der Waals surface area contributed by atoms with Crippen molar-refractivity contribution < 1.29 is 9.21 Å². The Labute approximate surface area is 207 Å². The first-order valence-corrected chi connectivity index (χ1v) is 12.8. The Morgan fingerprint density at radius 1 is 1.09 bits per heavy atom. The van der Waals surface area contributed by atoms with Crippen molar-refractivity contribution >= 4 is 34.6 Å². The van der Waals surface area contributed by atoms with Gasteiger partial charge in [-0.2, -0.15) is 0 Å². The Morgan fingerprint density at radius 3 is 2.69 bits per heavy atom. The van der Waals surface area contributed by atoms with E-state index in [2.05, 4.69) is 29.4 Å². The van der Waals surface area contributed by atoms with Gasteiger partial charge in [0.2, 0.25) is 11.8 Å². The molecule has 1 fully saturated rings. The highest BCUT2D eigenvalue weighted by atomic mass is 32.2. The predicted octanol–water partition coefficient (Wildman–Crippen LogP) is 5.17. The molecule has 0 saturated heterocycles. The number of hydrogen-bond donors (Lipinski definition) is 1. The Kier molecular flexibility index (Phi) is 6.68. The first-order valence-electron chi connectivity index (χ1n) is 11.8. The van der Waals surface area contributed by atoms with Crippen LogP contribution in [0.5, 0.6) is 0 Å². The largest absolute Gasteiger partial charge is 0.403 e. The molecule has 5 rings (SSSR count). The lowest BCUT2D eigenvalue weighted by Gasteiger charge is -2.36. The molecule has 0 spiro atoms. The average Bonchev–Trinajstić information content (AvgIpc) is 3.34. The Balaban J connectivity index is 1.37. The Bertz CT molecular complexity index is 1400. The molecule has 1 saturated carbocycles. The van der Waals surface area contributed by atoms with Crippen molar-refractivity contribution in [2.24, 2.45) is 11.8 Å². The maximum absolute atomic E-state index is 13.5. The molecule has 0 radical (unpaired) electrons. The zero-order chi connectivity index (χ0) is 24.4. The SMILES string of the molecule is C[C@@H]1[C@@H](C)CCC[C@@H]1n1c(SCC(=O)Nc2nnc(-c3ccccc3)o2)nc2ccccc2c1=O. The lowest BCUT2D eigenvalue weighted by atomic mass is 9.78. The summed E-state index contributed by atoms with van der Waals surface area (Å²) in [5.41, 5.74) is 1.36. The normalized spacial score (nSPS) is 20.1. The van der Waals surface area contributed by atoms with Crippen LogP contribution in [-0.2, 0) is 4.79 Å². The van der Waals surface area contributed by atoms with Crippen molar-refractivity contribution in [1.29, 1.82) is 0 Å². The van der Waals surface area contributed by atoms with Gasteiger partial charge in [0, 0.05) is 11.6 Å². The van der Waals surface area contributed by atoms with Crippen LogP contribution in [0.4, 0.5) is 6.01 Å². The van der Waals surface area contributed by atoms with E-state index >= 15 is 0 Å². The van der Waals surface area contributed by atoms with Crippen LogP contribution in [-0.4, -0.2) is 31.4 Å². The smallest absolute Gasteiger partial charge is 0.322 e. The second kappa shape index (κ2) is 10.0. The molecule has 0 bridgehead atoms. The van der Waals surface area contributed by atoms with Gasteiger partial charge in [-0.3, -0.25) is 19.5 Å².